The van der Waals surface area contributed by atoms with Gasteiger partial charge in [0.25, 0.3) is 0 Å². The summed E-state index contributed by atoms with van der Waals surface area (Å²) in [7, 11) is 0. The van der Waals surface area contributed by atoms with Gasteiger partial charge in [-0.05, 0) is 55.7 Å². The van der Waals surface area contributed by atoms with Gasteiger partial charge in [0.1, 0.15) is 11.5 Å². The van der Waals surface area contributed by atoms with Crippen LogP contribution in [0.15, 0.2) is 42.5 Å². The molecule has 3 nitrogen and oxygen atoms in total. The summed E-state index contributed by atoms with van der Waals surface area (Å²) < 4.78 is 0. The van der Waals surface area contributed by atoms with Crippen LogP contribution in [-0.2, 0) is 6.42 Å². The van der Waals surface area contributed by atoms with Gasteiger partial charge in [-0.1, -0.05) is 23.7 Å². The van der Waals surface area contributed by atoms with Crippen LogP contribution in [0.2, 0.25) is 5.02 Å². The van der Waals surface area contributed by atoms with E-state index < -0.39 is 0 Å². The Balaban J connectivity index is 2.00. The highest BCUT2D eigenvalue weighted by Gasteiger charge is 2.12. The zero-order valence-corrected chi connectivity index (χ0v) is 12.9. The molecule has 2 atom stereocenters. The van der Waals surface area contributed by atoms with Gasteiger partial charge in [0.2, 0.25) is 0 Å². The van der Waals surface area contributed by atoms with E-state index in [1.165, 1.54) is 11.6 Å². The molecule has 0 bridgehead atoms. The normalized spacial score (nSPS) is 13.9. The molecule has 2 rings (SSSR count). The molecule has 2 aromatic carbocycles. The number of aromatic hydroxyl groups is 2. The van der Waals surface area contributed by atoms with E-state index in [1.807, 2.05) is 25.1 Å². The van der Waals surface area contributed by atoms with Crippen LogP contribution in [0, 0.1) is 0 Å². The number of hydrogen-bond acceptors (Lipinski definition) is 3. The van der Waals surface area contributed by atoms with Crippen LogP contribution < -0.4 is 5.32 Å². The summed E-state index contributed by atoms with van der Waals surface area (Å²) in [5.41, 5.74) is 2.03. The van der Waals surface area contributed by atoms with Gasteiger partial charge in [-0.2, -0.15) is 0 Å². The molecule has 0 saturated heterocycles. The number of halogens is 1. The summed E-state index contributed by atoms with van der Waals surface area (Å²) in [5.74, 6) is 0.141. The first-order chi connectivity index (χ1) is 9.94. The Hall–Kier alpha value is -1.71. The third-order valence-corrected chi connectivity index (χ3v) is 3.63. The topological polar surface area (TPSA) is 52.5 Å². The molecular weight excluding hydrogens is 286 g/mol. The maximum atomic E-state index is 9.54. The average molecular weight is 306 g/mol. The minimum Gasteiger partial charge on any atom is -0.508 e. The third-order valence-electron chi connectivity index (χ3n) is 3.39. The summed E-state index contributed by atoms with van der Waals surface area (Å²) in [6.45, 7) is 4.10. The lowest BCUT2D eigenvalue weighted by molar-refractivity contribution is 0.440. The molecule has 0 fully saturated rings. The minimum absolute atomic E-state index is 0.0252. The van der Waals surface area contributed by atoms with Gasteiger partial charge in [0, 0.05) is 23.2 Å². The average Bonchev–Trinajstić information content (AvgIpc) is 2.37. The monoisotopic (exact) mass is 305 g/mol. The zero-order valence-electron chi connectivity index (χ0n) is 12.2. The zero-order chi connectivity index (χ0) is 15.4. The van der Waals surface area contributed by atoms with Gasteiger partial charge in [0.15, 0.2) is 0 Å². The molecule has 0 radical (unpaired) electrons. The quantitative estimate of drug-likeness (QED) is 0.781. The molecule has 4 heteroatoms. The number of benzene rings is 2. The lowest BCUT2D eigenvalue weighted by atomic mass is 10.0. The fourth-order valence-electron chi connectivity index (χ4n) is 2.47. The summed E-state index contributed by atoms with van der Waals surface area (Å²) in [4.78, 5) is 0. The van der Waals surface area contributed by atoms with Crippen LogP contribution in [0.3, 0.4) is 0 Å². The fourth-order valence-corrected chi connectivity index (χ4v) is 2.68. The summed E-state index contributed by atoms with van der Waals surface area (Å²) in [6.07, 6.45) is 0.857. The first-order valence-electron chi connectivity index (χ1n) is 6.97. The van der Waals surface area contributed by atoms with Crippen molar-refractivity contribution in [1.29, 1.82) is 0 Å². The van der Waals surface area contributed by atoms with Crippen LogP contribution in [0.1, 0.15) is 31.0 Å². The van der Waals surface area contributed by atoms with E-state index >= 15 is 0 Å². The summed E-state index contributed by atoms with van der Waals surface area (Å²) in [5, 5.41) is 23.3. The lowest BCUT2D eigenvalue weighted by Crippen LogP contribution is -2.30. The van der Waals surface area contributed by atoms with Crippen molar-refractivity contribution >= 4 is 11.6 Å². The summed E-state index contributed by atoms with van der Waals surface area (Å²) in [6, 6.07) is 12.7. The van der Waals surface area contributed by atoms with Crippen LogP contribution in [0.4, 0.5) is 0 Å². The molecule has 21 heavy (non-hydrogen) atoms. The Morgan fingerprint density at radius 1 is 1.05 bits per heavy atom. The number of hydrogen-bond donors (Lipinski definition) is 3. The van der Waals surface area contributed by atoms with Crippen molar-refractivity contribution in [2.24, 2.45) is 0 Å². The second kappa shape index (κ2) is 6.83. The third kappa shape index (κ3) is 4.66. The van der Waals surface area contributed by atoms with E-state index in [0.717, 1.165) is 17.0 Å². The second-order valence-corrected chi connectivity index (χ2v) is 5.84. The van der Waals surface area contributed by atoms with E-state index in [2.05, 4.69) is 18.3 Å². The van der Waals surface area contributed by atoms with Gasteiger partial charge >= 0.3 is 0 Å². The summed E-state index contributed by atoms with van der Waals surface area (Å²) >= 11 is 5.99. The smallest absolute Gasteiger partial charge is 0.119 e. The highest BCUT2D eigenvalue weighted by Crippen LogP contribution is 2.25. The number of phenolic OH excluding ortho intramolecular Hbond substituents is 2. The Morgan fingerprint density at radius 3 is 2.33 bits per heavy atom. The maximum absolute atomic E-state index is 9.54. The Bertz CT molecular complexity index is 595. The SMILES string of the molecule is CC(Cc1cccc(Cl)c1)NC(C)c1cc(O)cc(O)c1. The molecule has 0 amide bonds. The van der Waals surface area contributed by atoms with E-state index in [4.69, 9.17) is 11.6 Å². The van der Waals surface area contributed by atoms with Gasteiger partial charge in [-0.25, -0.2) is 0 Å². The molecule has 0 heterocycles. The molecule has 0 saturated carbocycles. The van der Waals surface area contributed by atoms with Crippen molar-refractivity contribution in [2.75, 3.05) is 0 Å². The van der Waals surface area contributed by atoms with Crippen molar-refractivity contribution < 1.29 is 10.2 Å². The Kier molecular flexibility index (Phi) is 5.10. The first kappa shape index (κ1) is 15.7. The second-order valence-electron chi connectivity index (χ2n) is 5.41. The Morgan fingerprint density at radius 2 is 1.71 bits per heavy atom. The van der Waals surface area contributed by atoms with Crippen molar-refractivity contribution in [1.82, 2.24) is 5.32 Å². The highest BCUT2D eigenvalue weighted by atomic mass is 35.5. The van der Waals surface area contributed by atoms with Crippen molar-refractivity contribution in [3.05, 3.63) is 58.6 Å². The fraction of sp³-hybridized carbons (Fsp3) is 0.294. The van der Waals surface area contributed by atoms with Crippen LogP contribution >= 0.6 is 11.6 Å². The van der Waals surface area contributed by atoms with Crippen molar-refractivity contribution in [3.8, 4) is 11.5 Å². The number of nitrogens with one attached hydrogen (secondary N) is 1. The lowest BCUT2D eigenvalue weighted by Gasteiger charge is -2.21. The predicted molar refractivity (Wildman–Crippen MR) is 85.9 cm³/mol. The van der Waals surface area contributed by atoms with E-state index in [0.29, 0.717) is 0 Å². The largest absolute Gasteiger partial charge is 0.508 e. The maximum Gasteiger partial charge on any atom is 0.119 e. The minimum atomic E-state index is 0.0252. The van der Waals surface area contributed by atoms with Gasteiger partial charge in [-0.15, -0.1) is 0 Å². The molecular formula is C17H20ClNO2. The van der Waals surface area contributed by atoms with Crippen molar-refractivity contribution in [2.45, 2.75) is 32.4 Å². The van der Waals surface area contributed by atoms with Crippen LogP contribution in [0.5, 0.6) is 11.5 Å². The number of phenols is 2. The molecule has 0 aromatic heterocycles. The molecule has 0 aliphatic carbocycles. The van der Waals surface area contributed by atoms with Gasteiger partial charge in [0.05, 0.1) is 0 Å². The molecule has 2 unspecified atom stereocenters. The highest BCUT2D eigenvalue weighted by molar-refractivity contribution is 6.30. The van der Waals surface area contributed by atoms with E-state index in [9.17, 15) is 10.2 Å². The van der Waals surface area contributed by atoms with Crippen molar-refractivity contribution in [3.63, 3.8) is 0 Å². The number of rotatable bonds is 5. The van der Waals surface area contributed by atoms with Gasteiger partial charge in [-0.3, -0.25) is 0 Å². The standard InChI is InChI=1S/C17H20ClNO2/c1-11(6-13-4-3-5-15(18)7-13)19-12(2)14-8-16(20)10-17(21)9-14/h3-5,7-12,19-21H,6H2,1-2H3. The first-order valence-corrected chi connectivity index (χ1v) is 7.35. The molecule has 0 aliphatic rings. The molecule has 0 spiro atoms. The predicted octanol–water partition coefficient (Wildman–Crippen LogP) is 4.03. The van der Waals surface area contributed by atoms with E-state index in [1.54, 1.807) is 12.1 Å². The molecule has 3 N–H and O–H groups in total. The Labute approximate surface area is 130 Å². The molecule has 2 aromatic rings. The van der Waals surface area contributed by atoms with Crippen LogP contribution in [-0.4, -0.2) is 16.3 Å². The molecule has 112 valence electrons. The molecule has 0 aliphatic heterocycles. The van der Waals surface area contributed by atoms with Crippen LogP contribution in [0.25, 0.3) is 0 Å². The van der Waals surface area contributed by atoms with E-state index in [-0.39, 0.29) is 23.6 Å². The van der Waals surface area contributed by atoms with Gasteiger partial charge < -0.3 is 15.5 Å².